The van der Waals surface area contributed by atoms with Crippen LogP contribution < -0.4 is 5.32 Å². The molecule has 1 aromatic heterocycles. The molecule has 0 amide bonds. The van der Waals surface area contributed by atoms with Crippen LogP contribution in [0.5, 0.6) is 0 Å². The highest BCUT2D eigenvalue weighted by atomic mass is 15.1. The minimum absolute atomic E-state index is 1.00. The zero-order valence-electron chi connectivity index (χ0n) is 10.7. The van der Waals surface area contributed by atoms with E-state index in [2.05, 4.69) is 53.4 Å². The molecule has 0 unspecified atom stereocenters. The Hall–Kier alpha value is -1.32. The summed E-state index contributed by atoms with van der Waals surface area (Å²) in [6, 6.07) is 8.73. The molecule has 3 nitrogen and oxygen atoms in total. The quantitative estimate of drug-likeness (QED) is 0.747. The summed E-state index contributed by atoms with van der Waals surface area (Å²) in [5, 5.41) is 4.62. The van der Waals surface area contributed by atoms with E-state index >= 15 is 0 Å². The first-order valence-electron chi connectivity index (χ1n) is 6.25. The fourth-order valence-corrected chi connectivity index (χ4v) is 2.03. The van der Waals surface area contributed by atoms with E-state index in [1.807, 2.05) is 6.20 Å². The van der Waals surface area contributed by atoms with Crippen molar-refractivity contribution in [1.82, 2.24) is 15.2 Å². The van der Waals surface area contributed by atoms with Crippen LogP contribution in [-0.4, -0.2) is 36.6 Å². The van der Waals surface area contributed by atoms with E-state index in [0.29, 0.717) is 0 Å². The third kappa shape index (κ3) is 3.32. The van der Waals surface area contributed by atoms with Crippen molar-refractivity contribution in [3.05, 3.63) is 36.0 Å². The van der Waals surface area contributed by atoms with Crippen molar-refractivity contribution >= 4 is 10.9 Å². The molecular weight excluding hydrogens is 210 g/mol. The fraction of sp³-hybridized carbons (Fsp3) is 0.429. The normalized spacial score (nSPS) is 11.5. The van der Waals surface area contributed by atoms with Gasteiger partial charge in [-0.15, -0.1) is 0 Å². The molecule has 92 valence electrons. The second-order valence-electron chi connectivity index (χ2n) is 4.49. The van der Waals surface area contributed by atoms with Crippen LogP contribution in [0.4, 0.5) is 0 Å². The monoisotopic (exact) mass is 231 g/mol. The van der Waals surface area contributed by atoms with Crippen LogP contribution in [0.3, 0.4) is 0 Å². The Kier molecular flexibility index (Phi) is 4.18. The topological polar surface area (TPSA) is 31.1 Å². The number of H-pyrrole nitrogens is 1. The van der Waals surface area contributed by atoms with Gasteiger partial charge in [0, 0.05) is 31.3 Å². The van der Waals surface area contributed by atoms with Gasteiger partial charge in [0.1, 0.15) is 0 Å². The third-order valence-corrected chi connectivity index (χ3v) is 2.99. The molecule has 3 heteroatoms. The van der Waals surface area contributed by atoms with Crippen LogP contribution in [0.1, 0.15) is 12.5 Å². The largest absolute Gasteiger partial charge is 0.361 e. The Morgan fingerprint density at radius 1 is 1.29 bits per heavy atom. The van der Waals surface area contributed by atoms with Crippen LogP contribution in [0.25, 0.3) is 10.9 Å². The summed E-state index contributed by atoms with van der Waals surface area (Å²) in [7, 11) is 2.16. The van der Waals surface area contributed by atoms with Gasteiger partial charge in [-0.25, -0.2) is 0 Å². The Labute approximate surface area is 103 Å². The summed E-state index contributed by atoms with van der Waals surface area (Å²) in [5.74, 6) is 0. The summed E-state index contributed by atoms with van der Waals surface area (Å²) in [5.41, 5.74) is 2.58. The maximum absolute atomic E-state index is 3.34. The molecule has 0 saturated carbocycles. The van der Waals surface area contributed by atoms with E-state index in [0.717, 1.165) is 26.2 Å². The highest BCUT2D eigenvalue weighted by molar-refractivity contribution is 5.79. The predicted molar refractivity (Wildman–Crippen MR) is 73.2 cm³/mol. The summed E-state index contributed by atoms with van der Waals surface area (Å²) >= 11 is 0. The number of benzene rings is 1. The van der Waals surface area contributed by atoms with Crippen molar-refractivity contribution in [2.45, 2.75) is 13.5 Å². The van der Waals surface area contributed by atoms with Crippen molar-refractivity contribution < 1.29 is 0 Å². The number of nitrogens with one attached hydrogen (secondary N) is 2. The number of rotatable bonds is 6. The van der Waals surface area contributed by atoms with Gasteiger partial charge in [0.2, 0.25) is 0 Å². The maximum Gasteiger partial charge on any atom is 0.0457 e. The molecule has 2 N–H and O–H groups in total. The standard InChI is InChI=1S/C14H21N3/c1-3-15-8-9-17(2)11-12-4-5-13-6-7-16-14(13)10-12/h4-7,10,15-16H,3,8-9,11H2,1-2H3. The summed E-state index contributed by atoms with van der Waals surface area (Å²) < 4.78 is 0. The van der Waals surface area contributed by atoms with Crippen LogP contribution >= 0.6 is 0 Å². The van der Waals surface area contributed by atoms with Crippen molar-refractivity contribution in [3.63, 3.8) is 0 Å². The number of hydrogen-bond donors (Lipinski definition) is 2. The molecular formula is C14H21N3. The Balaban J connectivity index is 1.93. The number of aromatic nitrogens is 1. The van der Waals surface area contributed by atoms with Crippen LogP contribution in [0, 0.1) is 0 Å². The van der Waals surface area contributed by atoms with Crippen molar-refractivity contribution in [1.29, 1.82) is 0 Å². The molecule has 0 saturated heterocycles. The highest BCUT2D eigenvalue weighted by Crippen LogP contribution is 2.14. The first-order valence-corrected chi connectivity index (χ1v) is 6.25. The van der Waals surface area contributed by atoms with Crippen LogP contribution in [-0.2, 0) is 6.54 Å². The molecule has 0 aliphatic heterocycles. The minimum atomic E-state index is 1.00. The number of likely N-dealkylation sites (N-methyl/N-ethyl adjacent to an activating group) is 2. The molecule has 0 bridgehead atoms. The lowest BCUT2D eigenvalue weighted by molar-refractivity contribution is 0.326. The zero-order chi connectivity index (χ0) is 12.1. The van der Waals surface area contributed by atoms with Gasteiger partial charge in [-0.2, -0.15) is 0 Å². The van der Waals surface area contributed by atoms with E-state index in [1.54, 1.807) is 0 Å². The van der Waals surface area contributed by atoms with E-state index in [-0.39, 0.29) is 0 Å². The Morgan fingerprint density at radius 2 is 2.18 bits per heavy atom. The smallest absolute Gasteiger partial charge is 0.0457 e. The number of nitrogens with zero attached hydrogens (tertiary/aromatic N) is 1. The van der Waals surface area contributed by atoms with Gasteiger partial charge in [0.15, 0.2) is 0 Å². The van der Waals surface area contributed by atoms with Gasteiger partial charge in [0.05, 0.1) is 0 Å². The first-order chi connectivity index (χ1) is 8.29. The van der Waals surface area contributed by atoms with Crippen molar-refractivity contribution in [2.24, 2.45) is 0 Å². The lowest BCUT2D eigenvalue weighted by Gasteiger charge is -2.16. The van der Waals surface area contributed by atoms with Gasteiger partial charge in [-0.3, -0.25) is 0 Å². The summed E-state index contributed by atoms with van der Waals surface area (Å²) in [6.45, 7) is 6.32. The second kappa shape index (κ2) is 5.84. The molecule has 1 aromatic carbocycles. The molecule has 0 aliphatic rings. The molecule has 0 spiro atoms. The molecule has 0 atom stereocenters. The maximum atomic E-state index is 3.34. The van der Waals surface area contributed by atoms with Crippen LogP contribution in [0.15, 0.2) is 30.5 Å². The van der Waals surface area contributed by atoms with E-state index < -0.39 is 0 Å². The molecule has 1 heterocycles. The van der Waals surface area contributed by atoms with E-state index in [1.165, 1.54) is 16.5 Å². The molecule has 2 rings (SSSR count). The lowest BCUT2D eigenvalue weighted by Crippen LogP contribution is -2.28. The van der Waals surface area contributed by atoms with Gasteiger partial charge in [-0.1, -0.05) is 19.1 Å². The van der Waals surface area contributed by atoms with Gasteiger partial charge in [-0.05, 0) is 36.7 Å². The number of fused-ring (bicyclic) bond motifs is 1. The van der Waals surface area contributed by atoms with Gasteiger partial charge < -0.3 is 15.2 Å². The third-order valence-electron chi connectivity index (χ3n) is 2.99. The molecule has 0 aliphatic carbocycles. The SMILES string of the molecule is CCNCCN(C)Cc1ccc2cc[nH]c2c1. The Bertz CT molecular complexity index is 461. The summed E-state index contributed by atoms with van der Waals surface area (Å²) in [4.78, 5) is 5.59. The molecule has 0 fully saturated rings. The molecule has 0 radical (unpaired) electrons. The van der Waals surface area contributed by atoms with Crippen LogP contribution in [0.2, 0.25) is 0 Å². The number of aromatic amines is 1. The predicted octanol–water partition coefficient (Wildman–Crippen LogP) is 2.21. The second-order valence-corrected chi connectivity index (χ2v) is 4.49. The minimum Gasteiger partial charge on any atom is -0.361 e. The summed E-state index contributed by atoms with van der Waals surface area (Å²) in [6.07, 6.45) is 1.99. The van der Waals surface area contributed by atoms with Gasteiger partial charge >= 0.3 is 0 Å². The van der Waals surface area contributed by atoms with E-state index in [9.17, 15) is 0 Å². The van der Waals surface area contributed by atoms with Gasteiger partial charge in [0.25, 0.3) is 0 Å². The number of hydrogen-bond acceptors (Lipinski definition) is 2. The van der Waals surface area contributed by atoms with Crippen molar-refractivity contribution in [2.75, 3.05) is 26.7 Å². The average molecular weight is 231 g/mol. The highest BCUT2D eigenvalue weighted by Gasteiger charge is 2.01. The first kappa shape index (κ1) is 12.1. The molecule has 17 heavy (non-hydrogen) atoms. The van der Waals surface area contributed by atoms with Crippen molar-refractivity contribution in [3.8, 4) is 0 Å². The molecule has 2 aromatic rings. The van der Waals surface area contributed by atoms with E-state index in [4.69, 9.17) is 0 Å². The zero-order valence-corrected chi connectivity index (χ0v) is 10.7. The fourth-order valence-electron chi connectivity index (χ4n) is 2.03. The average Bonchev–Trinajstić information content (AvgIpc) is 2.76. The lowest BCUT2D eigenvalue weighted by atomic mass is 10.1. The Morgan fingerprint density at radius 3 is 3.00 bits per heavy atom.